The number of hydrogen-bond acceptors (Lipinski definition) is 2. The van der Waals surface area contributed by atoms with E-state index in [1.165, 1.54) is 5.56 Å². The zero-order chi connectivity index (χ0) is 11.4. The van der Waals surface area contributed by atoms with E-state index in [1.54, 1.807) is 24.0 Å². The predicted molar refractivity (Wildman–Crippen MR) is 70.3 cm³/mol. The third-order valence-corrected chi connectivity index (χ3v) is 3.45. The third-order valence-electron chi connectivity index (χ3n) is 1.96. The first-order valence-electron chi connectivity index (χ1n) is 4.72. The maximum Gasteiger partial charge on any atom is 0.0431 e. The van der Waals surface area contributed by atoms with Gasteiger partial charge >= 0.3 is 0 Å². The molecule has 82 valence electrons. The Morgan fingerprint density at radius 3 is 2.50 bits per heavy atom. The molecule has 0 radical (unpaired) electrons. The molecule has 0 bridgehead atoms. The van der Waals surface area contributed by atoms with Crippen molar-refractivity contribution in [1.82, 2.24) is 4.98 Å². The van der Waals surface area contributed by atoms with Crippen LogP contribution in [0.15, 0.2) is 47.6 Å². The topological polar surface area (TPSA) is 12.9 Å². The average molecular weight is 270 g/mol. The lowest BCUT2D eigenvalue weighted by molar-refractivity contribution is 1.25. The Morgan fingerprint density at radius 2 is 1.88 bits per heavy atom. The number of thioether (sulfide) groups is 1. The van der Waals surface area contributed by atoms with E-state index in [9.17, 15) is 0 Å². The molecule has 1 heterocycles. The Labute approximate surface area is 109 Å². The molecule has 0 saturated heterocycles. The summed E-state index contributed by atoms with van der Waals surface area (Å²) < 4.78 is 0. The van der Waals surface area contributed by atoms with Crippen LogP contribution in [0.4, 0.5) is 0 Å². The van der Waals surface area contributed by atoms with Gasteiger partial charge in [0.15, 0.2) is 0 Å². The van der Waals surface area contributed by atoms with E-state index < -0.39 is 0 Å². The van der Waals surface area contributed by atoms with Gasteiger partial charge in [-0.05, 0) is 29.8 Å². The summed E-state index contributed by atoms with van der Waals surface area (Å²) in [4.78, 5) is 5.14. The van der Waals surface area contributed by atoms with Crippen molar-refractivity contribution >= 4 is 35.0 Å². The minimum absolute atomic E-state index is 0.668. The summed E-state index contributed by atoms with van der Waals surface area (Å²) in [5, 5.41) is 1.34. The Morgan fingerprint density at radius 1 is 1.12 bits per heavy atom. The van der Waals surface area contributed by atoms with Crippen LogP contribution in [0, 0.1) is 0 Å². The number of pyridine rings is 1. The standard InChI is InChI=1S/C12H9Cl2NS/c13-10-4-11(14)6-12(5-10)16-8-9-2-1-3-15-7-9/h1-7H,8H2. The van der Waals surface area contributed by atoms with Crippen LogP contribution in [0.3, 0.4) is 0 Å². The number of nitrogens with zero attached hydrogens (tertiary/aromatic N) is 1. The van der Waals surface area contributed by atoms with Crippen molar-refractivity contribution in [2.45, 2.75) is 10.6 Å². The van der Waals surface area contributed by atoms with Gasteiger partial charge in [0.25, 0.3) is 0 Å². The number of rotatable bonds is 3. The molecule has 0 fully saturated rings. The molecule has 16 heavy (non-hydrogen) atoms. The molecule has 0 N–H and O–H groups in total. The highest BCUT2D eigenvalue weighted by Gasteiger charge is 2.00. The summed E-state index contributed by atoms with van der Waals surface area (Å²) in [5.74, 6) is 0.866. The molecule has 1 aromatic heterocycles. The summed E-state index contributed by atoms with van der Waals surface area (Å²) in [5.41, 5.74) is 1.18. The third kappa shape index (κ3) is 3.41. The maximum atomic E-state index is 5.92. The van der Waals surface area contributed by atoms with Gasteiger partial charge in [0.05, 0.1) is 0 Å². The largest absolute Gasteiger partial charge is 0.264 e. The normalized spacial score (nSPS) is 10.4. The van der Waals surface area contributed by atoms with E-state index in [2.05, 4.69) is 4.98 Å². The number of hydrogen-bond donors (Lipinski definition) is 0. The first-order valence-corrected chi connectivity index (χ1v) is 6.46. The highest BCUT2D eigenvalue weighted by atomic mass is 35.5. The summed E-state index contributed by atoms with van der Waals surface area (Å²) in [6, 6.07) is 9.53. The van der Waals surface area contributed by atoms with Gasteiger partial charge in [-0.2, -0.15) is 0 Å². The fraction of sp³-hybridized carbons (Fsp3) is 0.0833. The van der Waals surface area contributed by atoms with Crippen molar-refractivity contribution in [3.63, 3.8) is 0 Å². The Bertz CT molecular complexity index is 453. The highest BCUT2D eigenvalue weighted by molar-refractivity contribution is 7.98. The van der Waals surface area contributed by atoms with E-state index in [-0.39, 0.29) is 0 Å². The van der Waals surface area contributed by atoms with Gasteiger partial charge in [0.2, 0.25) is 0 Å². The number of aromatic nitrogens is 1. The van der Waals surface area contributed by atoms with E-state index in [0.717, 1.165) is 10.6 Å². The Kier molecular flexibility index (Phi) is 4.10. The van der Waals surface area contributed by atoms with Crippen LogP contribution < -0.4 is 0 Å². The molecule has 1 aromatic carbocycles. The van der Waals surface area contributed by atoms with Gasteiger partial charge in [-0.3, -0.25) is 4.98 Å². The van der Waals surface area contributed by atoms with Gasteiger partial charge < -0.3 is 0 Å². The quantitative estimate of drug-likeness (QED) is 0.751. The van der Waals surface area contributed by atoms with E-state index in [0.29, 0.717) is 10.0 Å². The number of benzene rings is 1. The molecule has 1 nitrogen and oxygen atoms in total. The molecule has 2 rings (SSSR count). The lowest BCUT2D eigenvalue weighted by Gasteiger charge is -2.03. The molecule has 0 aliphatic rings. The molecular formula is C12H9Cl2NS. The van der Waals surface area contributed by atoms with Crippen LogP contribution in [-0.4, -0.2) is 4.98 Å². The summed E-state index contributed by atoms with van der Waals surface area (Å²) >= 11 is 13.5. The fourth-order valence-electron chi connectivity index (χ4n) is 1.26. The van der Waals surface area contributed by atoms with E-state index in [1.807, 2.05) is 30.5 Å². The molecule has 0 aliphatic carbocycles. The van der Waals surface area contributed by atoms with Gasteiger partial charge in [0.1, 0.15) is 0 Å². The molecular weight excluding hydrogens is 261 g/mol. The lowest BCUT2D eigenvalue weighted by Crippen LogP contribution is -1.81. The van der Waals surface area contributed by atoms with Crippen LogP contribution >= 0.6 is 35.0 Å². The van der Waals surface area contributed by atoms with Crippen molar-refractivity contribution in [2.24, 2.45) is 0 Å². The molecule has 2 aromatic rings. The monoisotopic (exact) mass is 269 g/mol. The maximum absolute atomic E-state index is 5.92. The molecule has 4 heteroatoms. The Balaban J connectivity index is 2.05. The van der Waals surface area contributed by atoms with Crippen molar-refractivity contribution < 1.29 is 0 Å². The van der Waals surface area contributed by atoms with Crippen LogP contribution in [0.1, 0.15) is 5.56 Å². The van der Waals surface area contributed by atoms with Gasteiger partial charge in [-0.25, -0.2) is 0 Å². The van der Waals surface area contributed by atoms with Crippen molar-refractivity contribution in [1.29, 1.82) is 0 Å². The molecule has 0 saturated carbocycles. The summed E-state index contributed by atoms with van der Waals surface area (Å²) in [6.07, 6.45) is 3.63. The van der Waals surface area contributed by atoms with Gasteiger partial charge in [-0.15, -0.1) is 11.8 Å². The molecule has 0 amide bonds. The second-order valence-corrected chi connectivity index (χ2v) is 5.18. The van der Waals surface area contributed by atoms with Crippen LogP contribution in [-0.2, 0) is 5.75 Å². The van der Waals surface area contributed by atoms with Crippen LogP contribution in [0.2, 0.25) is 10.0 Å². The highest BCUT2D eigenvalue weighted by Crippen LogP contribution is 2.28. The minimum Gasteiger partial charge on any atom is -0.264 e. The van der Waals surface area contributed by atoms with Crippen molar-refractivity contribution in [3.05, 3.63) is 58.3 Å². The van der Waals surface area contributed by atoms with E-state index >= 15 is 0 Å². The summed E-state index contributed by atoms with van der Waals surface area (Å²) in [6.45, 7) is 0. The predicted octanol–water partition coefficient (Wildman–Crippen LogP) is 4.68. The smallest absolute Gasteiger partial charge is 0.0431 e. The lowest BCUT2D eigenvalue weighted by atomic mass is 10.3. The van der Waals surface area contributed by atoms with Gasteiger partial charge in [0, 0.05) is 33.1 Å². The summed E-state index contributed by atoms with van der Waals surface area (Å²) in [7, 11) is 0. The number of halogens is 2. The minimum atomic E-state index is 0.668. The zero-order valence-electron chi connectivity index (χ0n) is 8.36. The second kappa shape index (κ2) is 5.58. The fourth-order valence-corrected chi connectivity index (χ4v) is 2.84. The SMILES string of the molecule is Clc1cc(Cl)cc(SCc2cccnc2)c1. The van der Waals surface area contributed by atoms with E-state index in [4.69, 9.17) is 23.2 Å². The first kappa shape index (κ1) is 11.8. The Hall–Kier alpha value is -0.700. The van der Waals surface area contributed by atoms with Crippen molar-refractivity contribution in [2.75, 3.05) is 0 Å². The van der Waals surface area contributed by atoms with Gasteiger partial charge in [-0.1, -0.05) is 29.3 Å². The second-order valence-electron chi connectivity index (χ2n) is 3.26. The molecule has 0 aliphatic heterocycles. The molecule has 0 spiro atoms. The molecule has 0 atom stereocenters. The van der Waals surface area contributed by atoms with Crippen LogP contribution in [0.25, 0.3) is 0 Å². The first-order chi connectivity index (χ1) is 7.74. The van der Waals surface area contributed by atoms with Crippen molar-refractivity contribution in [3.8, 4) is 0 Å². The van der Waals surface area contributed by atoms with Crippen LogP contribution in [0.5, 0.6) is 0 Å². The average Bonchev–Trinajstić information content (AvgIpc) is 2.27. The zero-order valence-corrected chi connectivity index (χ0v) is 10.7. The molecule has 0 unspecified atom stereocenters.